The molecule has 1 aromatic heterocycles. The number of amides is 1. The van der Waals surface area contributed by atoms with Gasteiger partial charge in [0.25, 0.3) is 5.91 Å². The Morgan fingerprint density at radius 3 is 2.82 bits per heavy atom. The molecule has 0 atom stereocenters. The highest BCUT2D eigenvalue weighted by Crippen LogP contribution is 2.30. The third-order valence-corrected chi connectivity index (χ3v) is 4.37. The first-order chi connectivity index (χ1) is 8.08. The molecule has 92 valence electrons. The van der Waals surface area contributed by atoms with Crippen LogP contribution in [-0.4, -0.2) is 28.4 Å². The van der Waals surface area contributed by atoms with Crippen LogP contribution in [0.15, 0.2) is 15.2 Å². The molecule has 0 saturated heterocycles. The van der Waals surface area contributed by atoms with Crippen LogP contribution < -0.4 is 5.73 Å². The maximum Gasteiger partial charge on any atom is 0.254 e. The van der Waals surface area contributed by atoms with Crippen LogP contribution >= 0.6 is 39.5 Å². The molecule has 0 aromatic carbocycles. The molecule has 1 fully saturated rings. The number of hydrogen-bond acceptors (Lipinski definition) is 3. The summed E-state index contributed by atoms with van der Waals surface area (Å²) in [5, 5.41) is 1.88. The van der Waals surface area contributed by atoms with Gasteiger partial charge in [-0.15, -0.1) is 11.3 Å². The molecule has 0 spiro atoms. The molecule has 0 radical (unpaired) electrons. The van der Waals surface area contributed by atoms with Crippen LogP contribution in [0.25, 0.3) is 0 Å². The Balaban J connectivity index is 2.05. The van der Waals surface area contributed by atoms with Crippen LogP contribution in [0.3, 0.4) is 0 Å². The summed E-state index contributed by atoms with van der Waals surface area (Å²) in [7, 11) is 0. The lowest BCUT2D eigenvalue weighted by Crippen LogP contribution is -2.35. The molecule has 2 rings (SSSR count). The first kappa shape index (κ1) is 13.0. The highest BCUT2D eigenvalue weighted by Gasteiger charge is 2.33. The minimum Gasteiger partial charge on any atom is -0.393 e. The highest BCUT2D eigenvalue weighted by atomic mass is 79.9. The standard InChI is InChI=1S/C11H13BrN2OS2/c12-9-5-7(6-17-9)11(15)14(8-1-2-8)4-3-10(13)16/h5-6,8H,1-4H2,(H2,13,16). The summed E-state index contributed by atoms with van der Waals surface area (Å²) >= 11 is 9.76. The van der Waals surface area contributed by atoms with E-state index in [1.807, 2.05) is 16.3 Å². The summed E-state index contributed by atoms with van der Waals surface area (Å²) in [5.41, 5.74) is 6.24. The largest absolute Gasteiger partial charge is 0.393 e. The van der Waals surface area contributed by atoms with Gasteiger partial charge in [-0.25, -0.2) is 0 Å². The molecule has 0 aliphatic heterocycles. The second-order valence-corrected chi connectivity index (χ2v) is 6.90. The van der Waals surface area contributed by atoms with Crippen molar-refractivity contribution in [1.82, 2.24) is 4.90 Å². The number of thiocarbonyl (C=S) groups is 1. The molecular formula is C11H13BrN2OS2. The fourth-order valence-corrected chi connectivity index (χ4v) is 2.88. The first-order valence-corrected chi connectivity index (χ1v) is 7.49. The fourth-order valence-electron chi connectivity index (χ4n) is 1.65. The summed E-state index contributed by atoms with van der Waals surface area (Å²) in [6, 6.07) is 2.25. The van der Waals surface area contributed by atoms with E-state index in [-0.39, 0.29) is 5.91 Å². The van der Waals surface area contributed by atoms with Crippen molar-refractivity contribution in [2.45, 2.75) is 25.3 Å². The van der Waals surface area contributed by atoms with E-state index in [9.17, 15) is 4.79 Å². The predicted molar refractivity (Wildman–Crippen MR) is 77.5 cm³/mol. The maximum atomic E-state index is 12.3. The third-order valence-electron chi connectivity index (χ3n) is 2.66. The molecule has 3 nitrogen and oxygen atoms in total. The zero-order valence-corrected chi connectivity index (χ0v) is 12.4. The summed E-state index contributed by atoms with van der Waals surface area (Å²) < 4.78 is 0.978. The molecule has 0 bridgehead atoms. The van der Waals surface area contributed by atoms with Crippen LogP contribution in [0.4, 0.5) is 0 Å². The van der Waals surface area contributed by atoms with Crippen LogP contribution in [0.2, 0.25) is 0 Å². The quantitative estimate of drug-likeness (QED) is 0.843. The zero-order chi connectivity index (χ0) is 12.4. The molecular weight excluding hydrogens is 320 g/mol. The average Bonchev–Trinajstić information content (AvgIpc) is 3.00. The Morgan fingerprint density at radius 1 is 1.65 bits per heavy atom. The molecule has 1 aliphatic carbocycles. The molecule has 17 heavy (non-hydrogen) atoms. The minimum absolute atomic E-state index is 0.0886. The van der Waals surface area contributed by atoms with E-state index >= 15 is 0 Å². The number of hydrogen-bond donors (Lipinski definition) is 1. The van der Waals surface area contributed by atoms with E-state index < -0.39 is 0 Å². The van der Waals surface area contributed by atoms with Crippen molar-refractivity contribution in [1.29, 1.82) is 0 Å². The van der Waals surface area contributed by atoms with Gasteiger partial charge in [-0.1, -0.05) is 12.2 Å². The van der Waals surface area contributed by atoms with Crippen molar-refractivity contribution in [3.8, 4) is 0 Å². The van der Waals surface area contributed by atoms with Gasteiger partial charge in [0.05, 0.1) is 14.3 Å². The smallest absolute Gasteiger partial charge is 0.254 e. The molecule has 1 aliphatic rings. The van der Waals surface area contributed by atoms with Gasteiger partial charge in [-0.2, -0.15) is 0 Å². The Hall–Kier alpha value is -0.460. The first-order valence-electron chi connectivity index (χ1n) is 5.41. The number of carbonyl (C=O) groups excluding carboxylic acids is 1. The second kappa shape index (κ2) is 5.46. The number of rotatable bonds is 5. The van der Waals surface area contributed by atoms with E-state index in [2.05, 4.69) is 15.9 Å². The molecule has 0 unspecified atom stereocenters. The number of halogens is 1. The van der Waals surface area contributed by atoms with Gasteiger partial charge < -0.3 is 10.6 Å². The Kier molecular flexibility index (Phi) is 4.17. The van der Waals surface area contributed by atoms with Gasteiger partial charge >= 0.3 is 0 Å². The Labute approximate surface area is 118 Å². The van der Waals surface area contributed by atoms with E-state index in [1.165, 1.54) is 11.3 Å². The SMILES string of the molecule is NC(=S)CCN(C(=O)c1csc(Br)c1)C1CC1. The fraction of sp³-hybridized carbons (Fsp3) is 0.455. The van der Waals surface area contributed by atoms with Gasteiger partial charge in [-0.3, -0.25) is 4.79 Å². The Morgan fingerprint density at radius 2 is 2.35 bits per heavy atom. The van der Waals surface area contributed by atoms with Gasteiger partial charge in [-0.05, 0) is 34.8 Å². The summed E-state index contributed by atoms with van der Waals surface area (Å²) in [5.74, 6) is 0.0886. The van der Waals surface area contributed by atoms with Crippen molar-refractivity contribution >= 4 is 50.4 Å². The number of thiophene rings is 1. The zero-order valence-electron chi connectivity index (χ0n) is 9.19. The second-order valence-electron chi connectivity index (χ2n) is 4.09. The molecule has 1 saturated carbocycles. The monoisotopic (exact) mass is 332 g/mol. The third kappa shape index (κ3) is 3.50. The predicted octanol–water partition coefficient (Wildman–Crippen LogP) is 2.79. The number of carbonyl (C=O) groups is 1. The van der Waals surface area contributed by atoms with Crippen LogP contribution in [0.5, 0.6) is 0 Å². The normalized spacial score (nSPS) is 14.6. The minimum atomic E-state index is 0.0886. The van der Waals surface area contributed by atoms with E-state index in [4.69, 9.17) is 18.0 Å². The molecule has 2 N–H and O–H groups in total. The average molecular weight is 333 g/mol. The summed E-state index contributed by atoms with van der Waals surface area (Å²) in [6.07, 6.45) is 2.78. The lowest BCUT2D eigenvalue weighted by atomic mass is 10.2. The maximum absolute atomic E-state index is 12.3. The van der Waals surface area contributed by atoms with Crippen LogP contribution in [0.1, 0.15) is 29.6 Å². The summed E-state index contributed by atoms with van der Waals surface area (Å²) in [4.78, 5) is 14.6. The van der Waals surface area contributed by atoms with Crippen molar-refractivity contribution in [3.05, 3.63) is 20.8 Å². The highest BCUT2D eigenvalue weighted by molar-refractivity contribution is 9.11. The van der Waals surface area contributed by atoms with Gasteiger partial charge in [0.15, 0.2) is 0 Å². The lowest BCUT2D eigenvalue weighted by Gasteiger charge is -2.21. The molecule has 1 aromatic rings. The van der Waals surface area contributed by atoms with Gasteiger partial charge in [0, 0.05) is 24.4 Å². The lowest BCUT2D eigenvalue weighted by molar-refractivity contribution is 0.0748. The van der Waals surface area contributed by atoms with Crippen LogP contribution in [0, 0.1) is 0 Å². The molecule has 1 heterocycles. The summed E-state index contributed by atoms with van der Waals surface area (Å²) in [6.45, 7) is 0.631. The van der Waals surface area contributed by atoms with E-state index in [0.717, 1.165) is 22.2 Å². The number of nitrogens with zero attached hydrogens (tertiary/aromatic N) is 1. The molecule has 6 heteroatoms. The van der Waals surface area contributed by atoms with Crippen molar-refractivity contribution in [3.63, 3.8) is 0 Å². The topological polar surface area (TPSA) is 46.3 Å². The van der Waals surface area contributed by atoms with E-state index in [1.54, 1.807) is 0 Å². The van der Waals surface area contributed by atoms with Gasteiger partial charge in [0.2, 0.25) is 0 Å². The van der Waals surface area contributed by atoms with Crippen molar-refractivity contribution in [2.24, 2.45) is 5.73 Å². The van der Waals surface area contributed by atoms with Crippen molar-refractivity contribution < 1.29 is 4.79 Å². The van der Waals surface area contributed by atoms with Gasteiger partial charge in [0.1, 0.15) is 0 Å². The van der Waals surface area contributed by atoms with Crippen molar-refractivity contribution in [2.75, 3.05) is 6.54 Å². The van der Waals surface area contributed by atoms with E-state index in [0.29, 0.717) is 24.0 Å². The van der Waals surface area contributed by atoms with Crippen LogP contribution in [-0.2, 0) is 0 Å². The number of nitrogens with two attached hydrogens (primary N) is 1. The Bertz CT molecular complexity index is 442. The molecule has 1 amide bonds.